The molecule has 0 bridgehead atoms. The van der Waals surface area contributed by atoms with Crippen molar-refractivity contribution in [1.29, 1.82) is 0 Å². The first kappa shape index (κ1) is 10.8. The summed E-state index contributed by atoms with van der Waals surface area (Å²) in [6.45, 7) is 2.14. The summed E-state index contributed by atoms with van der Waals surface area (Å²) in [5.41, 5.74) is 2.48. The maximum atomic E-state index is 5.60. The van der Waals surface area contributed by atoms with Crippen LogP contribution >= 0.6 is 0 Å². The summed E-state index contributed by atoms with van der Waals surface area (Å²) < 4.78 is 0. The van der Waals surface area contributed by atoms with Crippen LogP contribution in [0.3, 0.4) is 0 Å². The van der Waals surface area contributed by atoms with Crippen LogP contribution in [0.15, 0.2) is 48.6 Å². The molecule has 0 N–H and O–H groups in total. The molecule has 1 atom stereocenters. The zero-order valence-electron chi connectivity index (χ0n) is 9.61. The molecular weight excluding hydrogens is 192 g/mol. The number of allylic oxidation sites excluding steroid dienone is 4. The normalized spacial score (nSPS) is 23.6. The molecule has 0 aliphatic heterocycles. The topological polar surface area (TPSA) is 0 Å². The molecule has 0 aromatic heterocycles. The molecule has 0 unspecified atom stereocenters. The van der Waals surface area contributed by atoms with Gasteiger partial charge in [-0.05, 0) is 24.0 Å². The van der Waals surface area contributed by atoms with E-state index in [4.69, 9.17) is 6.42 Å². The van der Waals surface area contributed by atoms with E-state index in [1.165, 1.54) is 11.1 Å². The Morgan fingerprint density at radius 2 is 2.06 bits per heavy atom. The average Bonchev–Trinajstić information content (AvgIpc) is 2.40. The molecule has 1 aromatic rings. The lowest BCUT2D eigenvalue weighted by atomic mass is 9.78. The first-order chi connectivity index (χ1) is 7.79. The molecule has 16 heavy (non-hydrogen) atoms. The summed E-state index contributed by atoms with van der Waals surface area (Å²) in [7, 11) is 0. The van der Waals surface area contributed by atoms with Crippen LogP contribution < -0.4 is 0 Å². The van der Waals surface area contributed by atoms with Gasteiger partial charge in [-0.2, -0.15) is 0 Å². The van der Waals surface area contributed by atoms with Crippen LogP contribution in [-0.4, -0.2) is 0 Å². The van der Waals surface area contributed by atoms with Gasteiger partial charge in [0.15, 0.2) is 0 Å². The van der Waals surface area contributed by atoms with Crippen LogP contribution in [0, 0.1) is 17.8 Å². The fourth-order valence-corrected chi connectivity index (χ4v) is 1.99. The van der Waals surface area contributed by atoms with E-state index in [1.54, 1.807) is 0 Å². The second-order valence-corrected chi connectivity index (χ2v) is 4.22. The standard InChI is InChI=1S/C16H16/c1-3-16(4-2)12-10-15(11-13-16)14-8-6-5-7-9-14/h1,5-12H,4,13H2,2H3/t16-/m1/s1. The van der Waals surface area contributed by atoms with Crippen molar-refractivity contribution in [2.45, 2.75) is 19.8 Å². The largest absolute Gasteiger partial charge is 0.119 e. The van der Waals surface area contributed by atoms with Gasteiger partial charge in [-0.3, -0.25) is 0 Å². The quantitative estimate of drug-likeness (QED) is 0.643. The molecule has 80 valence electrons. The van der Waals surface area contributed by atoms with Crippen LogP contribution in [0.25, 0.3) is 5.57 Å². The van der Waals surface area contributed by atoms with Crippen molar-refractivity contribution in [2.24, 2.45) is 5.41 Å². The maximum Gasteiger partial charge on any atom is 0.0526 e. The van der Waals surface area contributed by atoms with Crippen molar-refractivity contribution in [3.63, 3.8) is 0 Å². The van der Waals surface area contributed by atoms with E-state index in [9.17, 15) is 0 Å². The smallest absolute Gasteiger partial charge is 0.0526 e. The van der Waals surface area contributed by atoms with Crippen LogP contribution in [0.1, 0.15) is 25.3 Å². The molecule has 0 saturated carbocycles. The summed E-state index contributed by atoms with van der Waals surface area (Å²) in [4.78, 5) is 0. The molecule has 0 spiro atoms. The Labute approximate surface area is 97.7 Å². The van der Waals surface area contributed by atoms with Gasteiger partial charge in [0.1, 0.15) is 0 Å². The van der Waals surface area contributed by atoms with E-state index < -0.39 is 0 Å². The molecule has 0 nitrogen and oxygen atoms in total. The molecule has 0 amide bonds. The second-order valence-electron chi connectivity index (χ2n) is 4.22. The Balaban J connectivity index is 2.24. The van der Waals surface area contributed by atoms with Crippen LogP contribution in [0.2, 0.25) is 0 Å². The van der Waals surface area contributed by atoms with Crippen molar-refractivity contribution in [1.82, 2.24) is 0 Å². The van der Waals surface area contributed by atoms with Crippen LogP contribution in [0.4, 0.5) is 0 Å². The summed E-state index contributed by atoms with van der Waals surface area (Å²) in [5, 5.41) is 0. The van der Waals surface area contributed by atoms with E-state index in [1.807, 2.05) is 6.07 Å². The van der Waals surface area contributed by atoms with Gasteiger partial charge in [-0.25, -0.2) is 0 Å². The third-order valence-corrected chi connectivity index (χ3v) is 3.29. The van der Waals surface area contributed by atoms with Gasteiger partial charge in [0.25, 0.3) is 0 Å². The lowest BCUT2D eigenvalue weighted by Gasteiger charge is -2.25. The monoisotopic (exact) mass is 208 g/mol. The highest BCUT2D eigenvalue weighted by molar-refractivity contribution is 5.75. The Morgan fingerprint density at radius 3 is 2.56 bits per heavy atom. The highest BCUT2D eigenvalue weighted by Gasteiger charge is 2.23. The predicted octanol–water partition coefficient (Wildman–Crippen LogP) is 4.06. The highest BCUT2D eigenvalue weighted by atomic mass is 14.3. The zero-order valence-corrected chi connectivity index (χ0v) is 9.61. The van der Waals surface area contributed by atoms with Crippen molar-refractivity contribution in [3.05, 3.63) is 54.1 Å². The maximum absolute atomic E-state index is 5.60. The van der Waals surface area contributed by atoms with Gasteiger partial charge in [0.2, 0.25) is 0 Å². The van der Waals surface area contributed by atoms with Gasteiger partial charge >= 0.3 is 0 Å². The summed E-state index contributed by atoms with van der Waals surface area (Å²) in [6.07, 6.45) is 14.1. The third kappa shape index (κ3) is 1.95. The summed E-state index contributed by atoms with van der Waals surface area (Å²) in [6, 6.07) is 10.4. The fourth-order valence-electron chi connectivity index (χ4n) is 1.99. The predicted molar refractivity (Wildman–Crippen MR) is 69.7 cm³/mol. The summed E-state index contributed by atoms with van der Waals surface area (Å²) >= 11 is 0. The van der Waals surface area contributed by atoms with Gasteiger partial charge in [-0.15, -0.1) is 6.42 Å². The fraction of sp³-hybridized carbons (Fsp3) is 0.250. The minimum atomic E-state index is -0.0573. The summed E-state index contributed by atoms with van der Waals surface area (Å²) in [5.74, 6) is 2.91. The Bertz CT molecular complexity index is 457. The molecule has 0 heteroatoms. The Hall–Kier alpha value is -1.74. The highest BCUT2D eigenvalue weighted by Crippen LogP contribution is 2.34. The van der Waals surface area contributed by atoms with Crippen molar-refractivity contribution in [3.8, 4) is 12.3 Å². The number of hydrogen-bond acceptors (Lipinski definition) is 0. The molecule has 1 aromatic carbocycles. The second kappa shape index (κ2) is 4.41. The van der Waals surface area contributed by atoms with Crippen molar-refractivity contribution < 1.29 is 0 Å². The van der Waals surface area contributed by atoms with Crippen LogP contribution in [0.5, 0.6) is 0 Å². The Kier molecular flexibility index (Phi) is 2.97. The number of rotatable bonds is 2. The zero-order chi connectivity index (χ0) is 11.4. The van der Waals surface area contributed by atoms with E-state index in [2.05, 4.69) is 55.3 Å². The molecule has 1 aliphatic carbocycles. The van der Waals surface area contributed by atoms with E-state index >= 15 is 0 Å². The SMILES string of the molecule is C#C[C@@]1(CC)C=CC(c2ccccc2)=CC1. The molecule has 2 rings (SSSR count). The van der Waals surface area contributed by atoms with Crippen molar-refractivity contribution >= 4 is 5.57 Å². The lowest BCUT2D eigenvalue weighted by Crippen LogP contribution is -2.15. The van der Waals surface area contributed by atoms with Crippen LogP contribution in [-0.2, 0) is 0 Å². The molecule has 0 saturated heterocycles. The number of terminal acetylenes is 1. The van der Waals surface area contributed by atoms with E-state index in [-0.39, 0.29) is 5.41 Å². The van der Waals surface area contributed by atoms with E-state index in [0.29, 0.717) is 0 Å². The van der Waals surface area contributed by atoms with Gasteiger partial charge < -0.3 is 0 Å². The molecule has 0 fully saturated rings. The molecule has 0 heterocycles. The number of benzene rings is 1. The average molecular weight is 208 g/mol. The van der Waals surface area contributed by atoms with E-state index in [0.717, 1.165) is 12.8 Å². The Morgan fingerprint density at radius 1 is 1.31 bits per heavy atom. The minimum Gasteiger partial charge on any atom is -0.119 e. The number of hydrogen-bond donors (Lipinski definition) is 0. The van der Waals surface area contributed by atoms with Gasteiger partial charge in [0, 0.05) is 0 Å². The lowest BCUT2D eigenvalue weighted by molar-refractivity contribution is 0.500. The third-order valence-electron chi connectivity index (χ3n) is 3.29. The van der Waals surface area contributed by atoms with Gasteiger partial charge in [-0.1, -0.05) is 61.4 Å². The molecule has 0 radical (unpaired) electrons. The molecular formula is C16H16. The first-order valence-corrected chi connectivity index (χ1v) is 5.72. The van der Waals surface area contributed by atoms with Gasteiger partial charge in [0.05, 0.1) is 5.41 Å². The first-order valence-electron chi connectivity index (χ1n) is 5.72. The minimum absolute atomic E-state index is 0.0573. The van der Waals surface area contributed by atoms with Crippen molar-refractivity contribution in [2.75, 3.05) is 0 Å². The molecule has 1 aliphatic rings.